The monoisotopic (exact) mass is 614 g/mol. The van der Waals surface area contributed by atoms with Crippen molar-refractivity contribution in [2.24, 2.45) is 5.92 Å². The first kappa shape index (κ1) is 32.6. The Kier molecular flexibility index (Phi) is 11.1. The van der Waals surface area contributed by atoms with E-state index in [0.717, 1.165) is 22.2 Å². The van der Waals surface area contributed by atoms with Crippen LogP contribution in [0.1, 0.15) is 30.5 Å². The van der Waals surface area contributed by atoms with Crippen LogP contribution in [-0.4, -0.2) is 55.4 Å². The Balaban J connectivity index is 2.10. The first-order valence-electron chi connectivity index (χ1n) is 13.3. The van der Waals surface area contributed by atoms with E-state index in [4.69, 9.17) is 11.6 Å². The van der Waals surface area contributed by atoms with Gasteiger partial charge in [-0.25, -0.2) is 8.42 Å². The van der Waals surface area contributed by atoms with Crippen molar-refractivity contribution >= 4 is 44.8 Å². The normalized spacial score (nSPS) is 12.0. The maximum Gasteiger partial charge on any atom is 0.271 e. The molecule has 42 heavy (non-hydrogen) atoms. The van der Waals surface area contributed by atoms with Gasteiger partial charge >= 0.3 is 0 Å². The molecule has 0 aliphatic rings. The molecule has 0 heterocycles. The number of nitrogens with zero attached hydrogens (tertiary/aromatic N) is 3. The van der Waals surface area contributed by atoms with Crippen molar-refractivity contribution in [2.45, 2.75) is 39.8 Å². The topological polar surface area (TPSA) is 130 Å². The maximum absolute atomic E-state index is 14.1. The molecule has 0 saturated heterocycles. The number of hydrogen-bond acceptors (Lipinski definition) is 6. The molecule has 224 valence electrons. The standard InChI is InChI=1S/C30H35ClN4O6S/c1-21(2)18-32-30(37)28(16-23-9-6-5-7-10-23)33(19-24-11-8-12-25(31)15-24)29(36)20-34(42(4,40)41)27-17-26(35(38)39)14-13-22(27)3/h5-15,17,21,28H,16,18-20H2,1-4H3,(H,32,37)/t28-/m0/s1. The number of halogens is 1. The Bertz CT molecular complexity index is 1530. The van der Waals surface area contributed by atoms with Gasteiger partial charge in [0.05, 0.1) is 16.9 Å². The minimum Gasteiger partial charge on any atom is -0.354 e. The van der Waals surface area contributed by atoms with E-state index in [9.17, 15) is 28.1 Å². The lowest BCUT2D eigenvalue weighted by Crippen LogP contribution is -2.53. The fraction of sp³-hybridized carbons (Fsp3) is 0.333. The van der Waals surface area contributed by atoms with E-state index in [1.165, 1.54) is 17.0 Å². The second-order valence-corrected chi connectivity index (χ2v) is 12.8. The number of benzene rings is 3. The number of hydrogen-bond donors (Lipinski definition) is 1. The van der Waals surface area contributed by atoms with Gasteiger partial charge in [-0.05, 0) is 41.7 Å². The number of aryl methyl sites for hydroxylation is 1. The van der Waals surface area contributed by atoms with Gasteiger partial charge in [-0.2, -0.15) is 0 Å². The van der Waals surface area contributed by atoms with E-state index in [1.54, 1.807) is 31.2 Å². The molecule has 3 rings (SSSR count). The highest BCUT2D eigenvalue weighted by atomic mass is 35.5. The summed E-state index contributed by atoms with van der Waals surface area (Å²) in [4.78, 5) is 39.9. The highest BCUT2D eigenvalue weighted by Crippen LogP contribution is 2.28. The third-order valence-electron chi connectivity index (χ3n) is 6.55. The van der Waals surface area contributed by atoms with Crippen LogP contribution >= 0.6 is 11.6 Å². The van der Waals surface area contributed by atoms with Crippen molar-refractivity contribution in [1.82, 2.24) is 10.2 Å². The van der Waals surface area contributed by atoms with Gasteiger partial charge in [-0.3, -0.25) is 24.0 Å². The molecule has 0 saturated carbocycles. The van der Waals surface area contributed by atoms with Crippen LogP contribution in [-0.2, 0) is 32.6 Å². The molecule has 0 aliphatic heterocycles. The Morgan fingerprint density at radius 1 is 1.00 bits per heavy atom. The summed E-state index contributed by atoms with van der Waals surface area (Å²) in [6.45, 7) is 5.18. The first-order chi connectivity index (χ1) is 19.8. The van der Waals surface area contributed by atoms with E-state index in [0.29, 0.717) is 22.7 Å². The Morgan fingerprint density at radius 3 is 2.26 bits per heavy atom. The third kappa shape index (κ3) is 9.02. The molecule has 3 aromatic carbocycles. The number of carbonyl (C=O) groups is 2. The summed E-state index contributed by atoms with van der Waals surface area (Å²) in [5.74, 6) is -0.895. The first-order valence-corrected chi connectivity index (χ1v) is 15.6. The molecular formula is C30H35ClN4O6S. The van der Waals surface area contributed by atoms with Crippen LogP contribution < -0.4 is 9.62 Å². The van der Waals surface area contributed by atoms with Gasteiger partial charge < -0.3 is 10.2 Å². The number of non-ortho nitro benzene ring substituents is 1. The summed E-state index contributed by atoms with van der Waals surface area (Å²) in [6.07, 6.45) is 1.10. The van der Waals surface area contributed by atoms with Crippen LogP contribution in [0.15, 0.2) is 72.8 Å². The molecule has 0 spiro atoms. The molecule has 1 N–H and O–H groups in total. The molecule has 0 bridgehead atoms. The number of sulfonamides is 1. The smallest absolute Gasteiger partial charge is 0.271 e. The van der Waals surface area contributed by atoms with Crippen LogP contribution in [0.4, 0.5) is 11.4 Å². The molecule has 3 aromatic rings. The largest absolute Gasteiger partial charge is 0.354 e. The van der Waals surface area contributed by atoms with Crippen molar-refractivity contribution in [1.29, 1.82) is 0 Å². The lowest BCUT2D eigenvalue weighted by Gasteiger charge is -2.34. The molecule has 0 aliphatic carbocycles. The Morgan fingerprint density at radius 2 is 1.67 bits per heavy atom. The van der Waals surface area contributed by atoms with E-state index in [1.807, 2.05) is 44.2 Å². The van der Waals surface area contributed by atoms with Crippen LogP contribution in [0.3, 0.4) is 0 Å². The molecule has 12 heteroatoms. The zero-order valence-corrected chi connectivity index (χ0v) is 25.6. The van der Waals surface area contributed by atoms with Crippen LogP contribution in [0.25, 0.3) is 0 Å². The zero-order valence-electron chi connectivity index (χ0n) is 24.0. The van der Waals surface area contributed by atoms with Gasteiger partial charge in [-0.1, -0.05) is 74.0 Å². The number of anilines is 1. The zero-order chi connectivity index (χ0) is 31.0. The van der Waals surface area contributed by atoms with Gasteiger partial charge in [0.15, 0.2) is 0 Å². The summed E-state index contributed by atoms with van der Waals surface area (Å²) >= 11 is 6.22. The summed E-state index contributed by atoms with van der Waals surface area (Å²) in [6, 6.07) is 18.9. The molecule has 2 amide bonds. The fourth-order valence-corrected chi connectivity index (χ4v) is 5.50. The average molecular weight is 615 g/mol. The van der Waals surface area contributed by atoms with E-state index in [2.05, 4.69) is 5.32 Å². The number of nitrogens with one attached hydrogen (secondary N) is 1. The van der Waals surface area contributed by atoms with Crippen LogP contribution in [0.5, 0.6) is 0 Å². The van der Waals surface area contributed by atoms with Gasteiger partial charge in [-0.15, -0.1) is 0 Å². The SMILES string of the molecule is Cc1ccc([N+](=O)[O-])cc1N(CC(=O)N(Cc1cccc(Cl)c1)[C@@H](Cc1ccccc1)C(=O)NCC(C)C)S(C)(=O)=O. The average Bonchev–Trinajstić information content (AvgIpc) is 2.92. The van der Waals surface area contributed by atoms with Crippen molar-refractivity contribution in [3.8, 4) is 0 Å². The van der Waals surface area contributed by atoms with Gasteiger partial charge in [0.2, 0.25) is 21.8 Å². The van der Waals surface area contributed by atoms with Gasteiger partial charge in [0, 0.05) is 36.7 Å². The summed E-state index contributed by atoms with van der Waals surface area (Å²) < 4.78 is 26.8. The quantitative estimate of drug-likeness (QED) is 0.219. The minimum absolute atomic E-state index is 0.00613. The number of nitro groups is 1. The lowest BCUT2D eigenvalue weighted by molar-refractivity contribution is -0.384. The van der Waals surface area contributed by atoms with Crippen molar-refractivity contribution < 1.29 is 22.9 Å². The van der Waals surface area contributed by atoms with Crippen molar-refractivity contribution in [3.05, 3.63) is 105 Å². The maximum atomic E-state index is 14.1. The highest BCUT2D eigenvalue weighted by molar-refractivity contribution is 7.92. The van der Waals surface area contributed by atoms with E-state index >= 15 is 0 Å². The van der Waals surface area contributed by atoms with Crippen LogP contribution in [0.2, 0.25) is 5.02 Å². The predicted octanol–water partition coefficient (Wildman–Crippen LogP) is 4.73. The second kappa shape index (κ2) is 14.3. The second-order valence-electron chi connectivity index (χ2n) is 10.5. The molecule has 10 nitrogen and oxygen atoms in total. The molecule has 1 atom stereocenters. The van der Waals surface area contributed by atoms with E-state index < -0.39 is 33.4 Å². The van der Waals surface area contributed by atoms with Gasteiger partial charge in [0.1, 0.15) is 12.6 Å². The van der Waals surface area contributed by atoms with E-state index in [-0.39, 0.29) is 36.2 Å². The summed E-state index contributed by atoms with van der Waals surface area (Å²) in [7, 11) is -4.08. The predicted molar refractivity (Wildman–Crippen MR) is 164 cm³/mol. The van der Waals surface area contributed by atoms with Crippen LogP contribution in [0, 0.1) is 23.0 Å². The summed E-state index contributed by atoms with van der Waals surface area (Å²) in [5, 5.41) is 14.8. The number of nitro benzene ring substituents is 1. The number of amides is 2. The Hall–Kier alpha value is -3.96. The molecule has 0 fully saturated rings. The number of carbonyl (C=O) groups excluding carboxylic acids is 2. The molecule has 0 aromatic heterocycles. The van der Waals surface area contributed by atoms with Crippen molar-refractivity contribution in [2.75, 3.05) is 23.7 Å². The Labute approximate surface area is 251 Å². The molecule has 0 radical (unpaired) electrons. The van der Waals surface area contributed by atoms with Gasteiger partial charge in [0.25, 0.3) is 5.69 Å². The molecule has 0 unspecified atom stereocenters. The third-order valence-corrected chi connectivity index (χ3v) is 7.91. The highest BCUT2D eigenvalue weighted by Gasteiger charge is 2.33. The fourth-order valence-electron chi connectivity index (χ4n) is 4.38. The lowest BCUT2D eigenvalue weighted by atomic mass is 10.0. The summed E-state index contributed by atoms with van der Waals surface area (Å²) in [5.41, 5.74) is 1.56. The molecular weight excluding hydrogens is 580 g/mol. The minimum atomic E-state index is -4.08. The van der Waals surface area contributed by atoms with Crippen molar-refractivity contribution in [3.63, 3.8) is 0 Å². The number of rotatable bonds is 13.